The van der Waals surface area contributed by atoms with Gasteiger partial charge in [-0.1, -0.05) is 22.4 Å². The molecule has 0 atom stereocenters. The fourth-order valence-corrected chi connectivity index (χ4v) is 4.13. The summed E-state index contributed by atoms with van der Waals surface area (Å²) in [6.45, 7) is 4.39. The van der Waals surface area contributed by atoms with Crippen LogP contribution in [0.15, 0.2) is 24.3 Å². The summed E-state index contributed by atoms with van der Waals surface area (Å²) in [6.07, 6.45) is 3.81. The third-order valence-corrected chi connectivity index (χ3v) is 5.92. The fraction of sp³-hybridized carbons (Fsp3) is 0.550. The summed E-state index contributed by atoms with van der Waals surface area (Å²) in [5, 5.41) is 18.8. The molecular formula is C20H27N5O3. The monoisotopic (exact) mass is 385 g/mol. The number of aromatic carboxylic acids is 1. The van der Waals surface area contributed by atoms with E-state index in [1.165, 1.54) is 11.3 Å². The molecule has 1 aromatic heterocycles. The molecule has 2 heterocycles. The van der Waals surface area contributed by atoms with Crippen molar-refractivity contribution in [3.8, 4) is 5.88 Å². The number of benzene rings is 1. The molecule has 1 saturated heterocycles. The molecule has 8 nitrogen and oxygen atoms in total. The first-order valence-corrected chi connectivity index (χ1v) is 9.94. The first-order chi connectivity index (χ1) is 13.6. The third kappa shape index (κ3) is 4.11. The minimum absolute atomic E-state index is 0.0101. The van der Waals surface area contributed by atoms with Crippen molar-refractivity contribution in [3.05, 3.63) is 35.5 Å². The molecule has 1 aromatic carbocycles. The van der Waals surface area contributed by atoms with Crippen LogP contribution >= 0.6 is 0 Å². The minimum atomic E-state index is -1.10. The van der Waals surface area contributed by atoms with Crippen LogP contribution in [0.3, 0.4) is 0 Å². The van der Waals surface area contributed by atoms with E-state index in [2.05, 4.69) is 56.5 Å². The van der Waals surface area contributed by atoms with Crippen LogP contribution in [-0.2, 0) is 0 Å². The van der Waals surface area contributed by atoms with Crippen molar-refractivity contribution >= 4 is 11.7 Å². The molecular weight excluding hydrogens is 358 g/mol. The topological polar surface area (TPSA) is 94.6 Å². The number of aromatic nitrogens is 3. The number of anilines is 1. The van der Waals surface area contributed by atoms with Gasteiger partial charge in [0.2, 0.25) is 5.69 Å². The molecule has 1 saturated carbocycles. The zero-order chi connectivity index (χ0) is 19.5. The number of piperazine rings is 1. The largest absolute Gasteiger partial charge is 0.476 e. The van der Waals surface area contributed by atoms with Crippen LogP contribution < -0.4 is 9.64 Å². The van der Waals surface area contributed by atoms with Crippen molar-refractivity contribution in [1.29, 1.82) is 0 Å². The maximum Gasteiger partial charge on any atom is 0.359 e. The van der Waals surface area contributed by atoms with Gasteiger partial charge in [0.15, 0.2) is 0 Å². The molecule has 0 unspecified atom stereocenters. The lowest BCUT2D eigenvalue weighted by atomic mass is 9.82. The van der Waals surface area contributed by atoms with E-state index in [9.17, 15) is 4.79 Å². The molecule has 0 radical (unpaired) electrons. The van der Waals surface area contributed by atoms with Crippen molar-refractivity contribution < 1.29 is 14.6 Å². The van der Waals surface area contributed by atoms with Crippen LogP contribution in [0.5, 0.6) is 5.88 Å². The minimum Gasteiger partial charge on any atom is -0.476 e. The van der Waals surface area contributed by atoms with E-state index in [0.29, 0.717) is 5.92 Å². The van der Waals surface area contributed by atoms with Crippen molar-refractivity contribution in [2.75, 3.05) is 38.1 Å². The van der Waals surface area contributed by atoms with E-state index in [0.717, 1.165) is 51.9 Å². The van der Waals surface area contributed by atoms with Gasteiger partial charge in [-0.3, -0.25) is 0 Å². The van der Waals surface area contributed by atoms with Crippen molar-refractivity contribution in [3.63, 3.8) is 0 Å². The second kappa shape index (κ2) is 8.18. The van der Waals surface area contributed by atoms with Crippen LogP contribution in [0.2, 0.25) is 0 Å². The number of carbonyl (C=O) groups is 1. The summed E-state index contributed by atoms with van der Waals surface area (Å²) in [6, 6.07) is 9.02. The molecule has 4 rings (SSSR count). The summed E-state index contributed by atoms with van der Waals surface area (Å²) >= 11 is 0. The molecule has 1 aliphatic carbocycles. The molecule has 150 valence electrons. The van der Waals surface area contributed by atoms with Gasteiger partial charge in [-0.25, -0.2) is 9.89 Å². The SMILES string of the molecule is CN1CCN(c2ccc([C@H]3CC[C@H](Oc4nn[nH]c4C(=O)O)CC3)cc2)CC1. The van der Waals surface area contributed by atoms with Crippen LogP contribution in [0.4, 0.5) is 5.69 Å². The Bertz CT molecular complexity index is 790. The van der Waals surface area contributed by atoms with Crippen LogP contribution in [0.25, 0.3) is 0 Å². The van der Waals surface area contributed by atoms with Gasteiger partial charge in [0, 0.05) is 31.9 Å². The summed E-state index contributed by atoms with van der Waals surface area (Å²) in [7, 11) is 2.17. The number of carboxylic acid groups (broad SMARTS) is 1. The first-order valence-electron chi connectivity index (χ1n) is 9.94. The van der Waals surface area contributed by atoms with E-state index >= 15 is 0 Å². The zero-order valence-electron chi connectivity index (χ0n) is 16.2. The molecule has 0 amide bonds. The molecule has 2 aromatic rings. The Hall–Kier alpha value is -2.61. The molecule has 28 heavy (non-hydrogen) atoms. The summed E-state index contributed by atoms with van der Waals surface area (Å²) < 4.78 is 5.78. The Labute approximate surface area is 164 Å². The number of rotatable bonds is 5. The number of aromatic amines is 1. The third-order valence-electron chi connectivity index (χ3n) is 5.92. The van der Waals surface area contributed by atoms with Crippen molar-refractivity contribution in [2.24, 2.45) is 0 Å². The second-order valence-corrected chi connectivity index (χ2v) is 7.77. The number of nitrogens with one attached hydrogen (secondary N) is 1. The highest BCUT2D eigenvalue weighted by Crippen LogP contribution is 2.35. The maximum atomic E-state index is 11.1. The smallest absolute Gasteiger partial charge is 0.359 e. The Morgan fingerprint density at radius 1 is 1.11 bits per heavy atom. The average Bonchev–Trinajstić information content (AvgIpc) is 3.18. The quantitative estimate of drug-likeness (QED) is 0.816. The summed E-state index contributed by atoms with van der Waals surface area (Å²) in [4.78, 5) is 15.9. The maximum absolute atomic E-state index is 11.1. The number of nitrogens with zero attached hydrogens (tertiary/aromatic N) is 4. The van der Waals surface area contributed by atoms with E-state index in [-0.39, 0.29) is 17.7 Å². The number of ether oxygens (including phenoxy) is 1. The van der Waals surface area contributed by atoms with E-state index in [1.54, 1.807) is 0 Å². The molecule has 1 aliphatic heterocycles. The van der Waals surface area contributed by atoms with E-state index in [1.807, 2.05) is 0 Å². The number of carboxylic acids is 1. The van der Waals surface area contributed by atoms with Crippen LogP contribution in [0.1, 0.15) is 47.7 Å². The number of likely N-dealkylation sites (N-methyl/N-ethyl adjacent to an activating group) is 1. The lowest BCUT2D eigenvalue weighted by Crippen LogP contribution is -2.44. The number of hydrogen-bond donors (Lipinski definition) is 2. The van der Waals surface area contributed by atoms with Crippen LogP contribution in [0, 0.1) is 0 Å². The Morgan fingerprint density at radius 3 is 2.43 bits per heavy atom. The number of H-pyrrole nitrogens is 1. The highest BCUT2D eigenvalue weighted by molar-refractivity contribution is 5.87. The fourth-order valence-electron chi connectivity index (χ4n) is 4.13. The summed E-state index contributed by atoms with van der Waals surface area (Å²) in [5.41, 5.74) is 2.60. The van der Waals surface area contributed by atoms with Gasteiger partial charge < -0.3 is 19.6 Å². The lowest BCUT2D eigenvalue weighted by Gasteiger charge is -2.34. The first kappa shape index (κ1) is 18.7. The van der Waals surface area contributed by atoms with E-state index in [4.69, 9.17) is 9.84 Å². The van der Waals surface area contributed by atoms with Gasteiger partial charge in [0.05, 0.1) is 0 Å². The Kier molecular flexibility index (Phi) is 5.47. The van der Waals surface area contributed by atoms with Crippen molar-refractivity contribution in [2.45, 2.75) is 37.7 Å². The average molecular weight is 385 g/mol. The molecule has 2 fully saturated rings. The van der Waals surface area contributed by atoms with Gasteiger partial charge in [0.25, 0.3) is 5.88 Å². The Morgan fingerprint density at radius 2 is 1.79 bits per heavy atom. The molecule has 2 N–H and O–H groups in total. The Balaban J connectivity index is 1.31. The predicted octanol–water partition coefficient (Wildman–Crippen LogP) is 2.36. The second-order valence-electron chi connectivity index (χ2n) is 7.77. The van der Waals surface area contributed by atoms with Gasteiger partial charge in [-0.05, 0) is 56.3 Å². The van der Waals surface area contributed by atoms with Gasteiger partial charge in [-0.2, -0.15) is 0 Å². The van der Waals surface area contributed by atoms with Gasteiger partial charge >= 0.3 is 5.97 Å². The van der Waals surface area contributed by atoms with Crippen LogP contribution in [-0.4, -0.2) is 70.7 Å². The normalized spacial score (nSPS) is 23.5. The highest BCUT2D eigenvalue weighted by Gasteiger charge is 2.26. The van der Waals surface area contributed by atoms with E-state index < -0.39 is 5.97 Å². The molecule has 0 bridgehead atoms. The predicted molar refractivity (Wildman–Crippen MR) is 105 cm³/mol. The number of hydrogen-bond acceptors (Lipinski definition) is 6. The highest BCUT2D eigenvalue weighted by atomic mass is 16.5. The molecule has 8 heteroatoms. The molecule has 2 aliphatic rings. The summed E-state index contributed by atoms with van der Waals surface area (Å²) in [5.74, 6) is -0.487. The molecule has 0 spiro atoms. The zero-order valence-corrected chi connectivity index (χ0v) is 16.2. The van der Waals surface area contributed by atoms with Gasteiger partial charge in [0.1, 0.15) is 6.10 Å². The van der Waals surface area contributed by atoms with Crippen molar-refractivity contribution in [1.82, 2.24) is 20.3 Å². The lowest BCUT2D eigenvalue weighted by molar-refractivity contribution is 0.0678. The van der Waals surface area contributed by atoms with Gasteiger partial charge in [-0.15, -0.1) is 0 Å². The standard InChI is InChI=1S/C20H27N5O3/c1-24-10-12-25(13-11-24)16-6-2-14(3-7-16)15-4-8-17(9-5-15)28-19-18(20(26)27)21-23-22-19/h2-3,6-7,15,17H,4-5,8-13H2,1H3,(H,26,27)(H,21,22,23)/t15-,17-.